The molecule has 0 N–H and O–H groups in total. The van der Waals surface area contributed by atoms with Crippen molar-refractivity contribution in [2.75, 3.05) is 42.8 Å². The molecule has 6 nitrogen and oxygen atoms in total. The Bertz CT molecular complexity index is 2120. The second-order valence-electron chi connectivity index (χ2n) is 14.2. The average molecular weight is 775 g/mol. The molecule has 6 aromatic rings. The van der Waals surface area contributed by atoms with Crippen LogP contribution in [0.2, 0.25) is 13.1 Å². The van der Waals surface area contributed by atoms with E-state index in [-0.39, 0.29) is 0 Å². The lowest BCUT2D eigenvalue weighted by Crippen LogP contribution is -2.69. The summed E-state index contributed by atoms with van der Waals surface area (Å²) in [4.78, 5) is 8.97. The van der Waals surface area contributed by atoms with Gasteiger partial charge in [0.2, 0.25) is 0 Å². The van der Waals surface area contributed by atoms with Gasteiger partial charge in [-0.15, -0.1) is 0 Å². The summed E-state index contributed by atoms with van der Waals surface area (Å²) in [5, 5.41) is 1.27. The van der Waals surface area contributed by atoms with E-state index < -0.39 is 8.40 Å². The van der Waals surface area contributed by atoms with Crippen molar-refractivity contribution in [3.63, 3.8) is 0 Å². The molecular weight excluding hydrogens is 729 g/mol. The van der Waals surface area contributed by atoms with Crippen LogP contribution in [0.25, 0.3) is 0 Å². The molecule has 0 aromatic heterocycles. The lowest BCUT2D eigenvalue weighted by atomic mass is 10.2. The fraction of sp³-hybridized carbons (Fsp3) is 0.130. The van der Waals surface area contributed by atoms with E-state index in [0.29, 0.717) is 10.2 Å². The molecule has 0 spiro atoms. The van der Waals surface area contributed by atoms with E-state index in [4.69, 9.17) is 24.4 Å². The molecule has 0 aliphatic carbocycles. The molecule has 1 aliphatic rings. The normalized spacial score (nSPS) is 16.0. The molecule has 276 valence electrons. The van der Waals surface area contributed by atoms with Crippen LogP contribution in [0.15, 0.2) is 182 Å². The maximum absolute atomic E-state index is 6.94. The molecule has 0 saturated carbocycles. The van der Waals surface area contributed by atoms with Crippen molar-refractivity contribution in [3.05, 3.63) is 193 Å². The lowest BCUT2D eigenvalue weighted by molar-refractivity contribution is 0.922. The first-order valence-corrected chi connectivity index (χ1v) is 22.1. The van der Waals surface area contributed by atoms with Crippen molar-refractivity contribution in [2.45, 2.75) is 26.9 Å². The Balaban J connectivity index is 1.69. The Morgan fingerprint density at radius 2 is 0.691 bits per heavy atom. The molecule has 7 rings (SSSR count). The van der Waals surface area contributed by atoms with E-state index in [9.17, 15) is 0 Å². The Morgan fingerprint density at radius 1 is 0.400 bits per heavy atom. The number of hydrogen-bond acceptors (Lipinski definition) is 4. The fourth-order valence-corrected chi connectivity index (χ4v) is 12.0. The van der Waals surface area contributed by atoms with Gasteiger partial charge in [-0.1, -0.05) is 108 Å². The third kappa shape index (κ3) is 7.38. The largest absolute Gasteiger partial charge is 0.327 e. The zero-order chi connectivity index (χ0) is 38.7. The summed E-state index contributed by atoms with van der Waals surface area (Å²) in [6.45, 7) is 8.89. The molecule has 1 heterocycles. The highest BCUT2D eigenvalue weighted by Gasteiger charge is 2.48. The third-order valence-electron chi connectivity index (χ3n) is 10.0. The van der Waals surface area contributed by atoms with Crippen LogP contribution in [0, 0.1) is 13.8 Å². The Hall–Kier alpha value is -5.74. The predicted molar refractivity (Wildman–Crippen MR) is 245 cm³/mol. The highest BCUT2D eigenvalue weighted by molar-refractivity contribution is 7.81. The predicted octanol–water partition coefficient (Wildman–Crippen LogP) is 11.3. The standard InChI is InChI=1S/C46H46N6S2Si/c1-35-27-31-39(32-28-35)49-43(47(3)37-19-11-7-12-20-37)44(48(4)38-21-13-8-14-22-38)50(40-33-29-36(2)30-34-40)46(54)52(42-25-17-10-18-26-42)55(5,6)51(45(49)53)41-23-15-9-16-24-41/h7-34H,1-6H3/b44-43-. The molecule has 0 bridgehead atoms. The molecule has 0 radical (unpaired) electrons. The smallest absolute Gasteiger partial charge is 0.271 e. The van der Waals surface area contributed by atoms with Crippen LogP contribution >= 0.6 is 24.4 Å². The third-order valence-corrected chi connectivity index (χ3v) is 14.2. The summed E-state index contributed by atoms with van der Waals surface area (Å²) in [5.74, 6) is 1.66. The molecule has 1 aliphatic heterocycles. The molecule has 9 heteroatoms. The number of rotatable bonds is 8. The second-order valence-corrected chi connectivity index (χ2v) is 18.8. The second kappa shape index (κ2) is 15.9. The van der Waals surface area contributed by atoms with Gasteiger partial charge in [-0.05, 0) is 124 Å². The van der Waals surface area contributed by atoms with Gasteiger partial charge in [0.05, 0.1) is 0 Å². The topological polar surface area (TPSA) is 19.4 Å². The molecule has 0 fully saturated rings. The van der Waals surface area contributed by atoms with Crippen LogP contribution in [-0.2, 0) is 0 Å². The minimum absolute atomic E-state index is 0.637. The summed E-state index contributed by atoms with van der Waals surface area (Å²) >= 11 is 13.9. The zero-order valence-electron chi connectivity index (χ0n) is 32.2. The van der Waals surface area contributed by atoms with Gasteiger partial charge in [0, 0.05) is 48.2 Å². The van der Waals surface area contributed by atoms with Gasteiger partial charge in [-0.3, -0.25) is 9.80 Å². The molecule has 0 atom stereocenters. The quantitative estimate of drug-likeness (QED) is 0.111. The number of thiocarbonyl (C=S) groups is 2. The number of hydrogen-bond donors (Lipinski definition) is 0. The van der Waals surface area contributed by atoms with Gasteiger partial charge in [0.15, 0.2) is 21.9 Å². The number of anilines is 6. The molecule has 0 saturated heterocycles. The lowest BCUT2D eigenvalue weighted by Gasteiger charge is -2.48. The van der Waals surface area contributed by atoms with Crippen LogP contribution < -0.4 is 28.7 Å². The fourth-order valence-electron chi connectivity index (χ4n) is 7.16. The Labute approximate surface area is 337 Å². The number of aryl methyl sites for hydroxylation is 2. The minimum Gasteiger partial charge on any atom is -0.327 e. The first-order chi connectivity index (χ1) is 26.6. The monoisotopic (exact) mass is 774 g/mol. The zero-order valence-corrected chi connectivity index (χ0v) is 34.8. The summed E-state index contributed by atoms with van der Waals surface area (Å²) in [6.07, 6.45) is 0. The van der Waals surface area contributed by atoms with Gasteiger partial charge in [0.25, 0.3) is 8.40 Å². The number of nitrogens with zero attached hydrogens (tertiary/aromatic N) is 6. The highest BCUT2D eigenvalue weighted by Crippen LogP contribution is 2.41. The van der Waals surface area contributed by atoms with Crippen molar-refractivity contribution in [2.24, 2.45) is 0 Å². The van der Waals surface area contributed by atoms with Crippen molar-refractivity contribution in [1.82, 2.24) is 0 Å². The maximum Gasteiger partial charge on any atom is 0.271 e. The van der Waals surface area contributed by atoms with Crippen molar-refractivity contribution in [3.8, 4) is 0 Å². The van der Waals surface area contributed by atoms with Crippen LogP contribution in [-0.4, -0.2) is 32.7 Å². The maximum atomic E-state index is 6.94. The van der Waals surface area contributed by atoms with E-state index in [1.807, 2.05) is 12.1 Å². The van der Waals surface area contributed by atoms with Crippen LogP contribution in [0.4, 0.5) is 34.1 Å². The highest BCUT2D eigenvalue weighted by atomic mass is 32.1. The van der Waals surface area contributed by atoms with Gasteiger partial charge < -0.3 is 18.9 Å². The van der Waals surface area contributed by atoms with E-state index in [1.54, 1.807) is 0 Å². The van der Waals surface area contributed by atoms with Crippen molar-refractivity contribution in [1.29, 1.82) is 0 Å². The number of benzene rings is 6. The Morgan fingerprint density at radius 3 is 1.00 bits per heavy atom. The minimum atomic E-state index is -2.99. The summed E-state index contributed by atoms with van der Waals surface area (Å²) < 4.78 is 4.75. The van der Waals surface area contributed by atoms with Crippen LogP contribution in [0.5, 0.6) is 0 Å². The van der Waals surface area contributed by atoms with E-state index in [0.717, 1.165) is 56.9 Å². The first-order valence-electron chi connectivity index (χ1n) is 18.4. The van der Waals surface area contributed by atoms with Crippen molar-refractivity contribution >= 4 is 77.2 Å². The van der Waals surface area contributed by atoms with Gasteiger partial charge in [-0.2, -0.15) is 0 Å². The van der Waals surface area contributed by atoms with E-state index in [2.05, 4.69) is 227 Å². The van der Waals surface area contributed by atoms with Crippen LogP contribution in [0.3, 0.4) is 0 Å². The first kappa shape index (κ1) is 37.6. The van der Waals surface area contributed by atoms with E-state index in [1.165, 1.54) is 0 Å². The molecule has 0 unspecified atom stereocenters. The van der Waals surface area contributed by atoms with Crippen LogP contribution in [0.1, 0.15) is 11.1 Å². The van der Waals surface area contributed by atoms with Crippen molar-refractivity contribution < 1.29 is 0 Å². The SMILES string of the molecule is Cc1ccc(N2C(=S)N(c3ccccc3)[Si](C)(C)N(c3ccccc3)C(=S)N(c3ccc(C)cc3)/C(N(C)c3ccccc3)=C\2N(C)c2ccccc2)cc1. The Kier molecular flexibility index (Phi) is 10.9. The molecular formula is C46H46N6S2Si. The van der Waals surface area contributed by atoms with Gasteiger partial charge >= 0.3 is 0 Å². The summed E-state index contributed by atoms with van der Waals surface area (Å²) in [7, 11) is 1.24. The summed E-state index contributed by atoms with van der Waals surface area (Å²) in [6, 6.07) is 59.2. The van der Waals surface area contributed by atoms with Gasteiger partial charge in [-0.25, -0.2) is 0 Å². The molecule has 6 aromatic carbocycles. The summed E-state index contributed by atoms with van der Waals surface area (Å²) in [5.41, 5.74) is 8.16. The van der Waals surface area contributed by atoms with E-state index >= 15 is 0 Å². The van der Waals surface area contributed by atoms with Gasteiger partial charge in [0.1, 0.15) is 0 Å². The molecule has 0 amide bonds. The average Bonchev–Trinajstić information content (AvgIpc) is 3.23. The number of para-hydroxylation sites is 4. The molecule has 55 heavy (non-hydrogen) atoms.